The van der Waals surface area contributed by atoms with Gasteiger partial charge in [-0.15, -0.1) is 0 Å². The second kappa shape index (κ2) is 7.53. The molecule has 0 saturated carbocycles. The zero-order valence-electron chi connectivity index (χ0n) is 12.3. The molecule has 0 atom stereocenters. The van der Waals surface area contributed by atoms with Gasteiger partial charge < -0.3 is 15.3 Å². The van der Waals surface area contributed by atoms with Gasteiger partial charge in [-0.05, 0) is 37.0 Å². The average Bonchev–Trinajstić information content (AvgIpc) is 2.39. The Morgan fingerprint density at radius 3 is 2.40 bits per heavy atom. The molecule has 0 saturated heterocycles. The third-order valence-corrected chi connectivity index (χ3v) is 3.30. The summed E-state index contributed by atoms with van der Waals surface area (Å²) in [5, 5.41) is 11.4. The van der Waals surface area contributed by atoms with Crippen LogP contribution in [0.5, 0.6) is 0 Å². The van der Waals surface area contributed by atoms with Crippen molar-refractivity contribution in [3.05, 3.63) is 34.9 Å². The maximum atomic E-state index is 11.7. The minimum absolute atomic E-state index is 0.0409. The molecular formula is C15H22N2O3. The van der Waals surface area contributed by atoms with Crippen molar-refractivity contribution in [3.63, 3.8) is 0 Å². The Kier molecular flexibility index (Phi) is 6.03. The molecule has 0 heterocycles. The molecule has 5 nitrogen and oxygen atoms in total. The molecule has 0 spiro atoms. The van der Waals surface area contributed by atoms with Crippen LogP contribution in [0.2, 0.25) is 0 Å². The number of urea groups is 1. The van der Waals surface area contributed by atoms with Gasteiger partial charge in [0.25, 0.3) is 0 Å². The lowest BCUT2D eigenvalue weighted by molar-refractivity contribution is -0.137. The van der Waals surface area contributed by atoms with Gasteiger partial charge in [0.1, 0.15) is 0 Å². The highest BCUT2D eigenvalue weighted by atomic mass is 16.4. The predicted octanol–water partition coefficient (Wildman–Crippen LogP) is 1.96. The Hall–Kier alpha value is -2.04. The molecule has 2 amide bonds. The third kappa shape index (κ3) is 4.91. The normalized spacial score (nSPS) is 10.2. The number of hydrogen-bond donors (Lipinski definition) is 2. The summed E-state index contributed by atoms with van der Waals surface area (Å²) in [5.41, 5.74) is 3.69. The molecule has 0 aliphatic rings. The van der Waals surface area contributed by atoms with Gasteiger partial charge in [-0.25, -0.2) is 4.79 Å². The van der Waals surface area contributed by atoms with E-state index >= 15 is 0 Å². The van der Waals surface area contributed by atoms with Crippen LogP contribution in [0.25, 0.3) is 0 Å². The van der Waals surface area contributed by atoms with Gasteiger partial charge in [-0.1, -0.05) is 18.2 Å². The SMILES string of the molecule is Cc1cccc(C)c1CCNC(=O)N(C)CCC(=O)O. The largest absolute Gasteiger partial charge is 0.481 e. The van der Waals surface area contributed by atoms with Crippen LogP contribution < -0.4 is 5.32 Å². The third-order valence-electron chi connectivity index (χ3n) is 3.30. The maximum absolute atomic E-state index is 11.7. The molecular weight excluding hydrogens is 256 g/mol. The molecule has 0 bridgehead atoms. The number of benzene rings is 1. The van der Waals surface area contributed by atoms with E-state index in [1.807, 2.05) is 6.07 Å². The summed E-state index contributed by atoms with van der Waals surface area (Å²) in [6.07, 6.45) is 0.734. The molecule has 20 heavy (non-hydrogen) atoms. The van der Waals surface area contributed by atoms with Crippen LogP contribution in [0.4, 0.5) is 4.79 Å². The summed E-state index contributed by atoms with van der Waals surface area (Å²) >= 11 is 0. The van der Waals surface area contributed by atoms with Crippen LogP contribution in [0.1, 0.15) is 23.1 Å². The first-order valence-corrected chi connectivity index (χ1v) is 6.67. The minimum atomic E-state index is -0.903. The molecule has 1 aromatic carbocycles. The van der Waals surface area contributed by atoms with Crippen molar-refractivity contribution in [1.82, 2.24) is 10.2 Å². The molecule has 0 unspecified atom stereocenters. The molecule has 5 heteroatoms. The van der Waals surface area contributed by atoms with Crippen molar-refractivity contribution in [3.8, 4) is 0 Å². The van der Waals surface area contributed by atoms with Gasteiger partial charge in [0.05, 0.1) is 6.42 Å². The van der Waals surface area contributed by atoms with Crippen molar-refractivity contribution in [2.24, 2.45) is 0 Å². The van der Waals surface area contributed by atoms with E-state index in [0.717, 1.165) is 6.42 Å². The van der Waals surface area contributed by atoms with Crippen molar-refractivity contribution in [1.29, 1.82) is 0 Å². The molecule has 1 aromatic rings. The van der Waals surface area contributed by atoms with Gasteiger partial charge in [-0.3, -0.25) is 4.79 Å². The topological polar surface area (TPSA) is 69.6 Å². The number of carbonyl (C=O) groups is 2. The Bertz CT molecular complexity index is 466. The highest BCUT2D eigenvalue weighted by molar-refractivity contribution is 5.75. The summed E-state index contributed by atoms with van der Waals surface area (Å²) < 4.78 is 0. The van der Waals surface area contributed by atoms with E-state index in [1.165, 1.54) is 21.6 Å². The van der Waals surface area contributed by atoms with Crippen LogP contribution in [-0.2, 0) is 11.2 Å². The van der Waals surface area contributed by atoms with E-state index in [2.05, 4.69) is 31.3 Å². The van der Waals surface area contributed by atoms with Crippen LogP contribution in [0.3, 0.4) is 0 Å². The van der Waals surface area contributed by atoms with E-state index in [1.54, 1.807) is 7.05 Å². The lowest BCUT2D eigenvalue weighted by atomic mass is 10.0. The minimum Gasteiger partial charge on any atom is -0.481 e. The van der Waals surface area contributed by atoms with Crippen LogP contribution in [0.15, 0.2) is 18.2 Å². The zero-order chi connectivity index (χ0) is 15.1. The van der Waals surface area contributed by atoms with Gasteiger partial charge in [0, 0.05) is 20.1 Å². The van der Waals surface area contributed by atoms with Gasteiger partial charge >= 0.3 is 12.0 Å². The van der Waals surface area contributed by atoms with Gasteiger partial charge in [-0.2, -0.15) is 0 Å². The summed E-state index contributed by atoms with van der Waals surface area (Å²) in [5.74, 6) is -0.903. The fourth-order valence-electron chi connectivity index (χ4n) is 2.04. The Balaban J connectivity index is 2.40. The number of nitrogens with one attached hydrogen (secondary N) is 1. The van der Waals surface area contributed by atoms with E-state index in [-0.39, 0.29) is 19.0 Å². The van der Waals surface area contributed by atoms with Crippen molar-refractivity contribution >= 4 is 12.0 Å². The van der Waals surface area contributed by atoms with E-state index in [4.69, 9.17) is 5.11 Å². The number of carboxylic acids is 1. The van der Waals surface area contributed by atoms with Crippen LogP contribution in [0, 0.1) is 13.8 Å². The highest BCUT2D eigenvalue weighted by Crippen LogP contribution is 2.13. The summed E-state index contributed by atoms with van der Waals surface area (Å²) in [6, 6.07) is 5.90. The zero-order valence-corrected chi connectivity index (χ0v) is 12.3. The number of nitrogens with zero attached hydrogens (tertiary/aromatic N) is 1. The smallest absolute Gasteiger partial charge is 0.317 e. The summed E-state index contributed by atoms with van der Waals surface area (Å²) in [4.78, 5) is 23.6. The highest BCUT2D eigenvalue weighted by Gasteiger charge is 2.10. The molecule has 0 aliphatic carbocycles. The molecule has 2 N–H and O–H groups in total. The summed E-state index contributed by atoms with van der Waals surface area (Å²) in [6.45, 7) is 4.87. The number of aryl methyl sites for hydroxylation is 2. The Morgan fingerprint density at radius 2 is 1.85 bits per heavy atom. The quantitative estimate of drug-likeness (QED) is 0.835. The molecule has 1 rings (SSSR count). The van der Waals surface area contributed by atoms with Crippen molar-refractivity contribution in [2.75, 3.05) is 20.1 Å². The second-order valence-electron chi connectivity index (χ2n) is 4.92. The standard InChI is InChI=1S/C15H22N2O3/c1-11-5-4-6-12(2)13(11)7-9-16-15(20)17(3)10-8-14(18)19/h4-6H,7-10H2,1-3H3,(H,16,20)(H,18,19). The van der Waals surface area contributed by atoms with E-state index in [9.17, 15) is 9.59 Å². The lowest BCUT2D eigenvalue weighted by Crippen LogP contribution is -2.39. The predicted molar refractivity (Wildman–Crippen MR) is 77.9 cm³/mol. The number of carboxylic acid groups (broad SMARTS) is 1. The van der Waals surface area contributed by atoms with E-state index in [0.29, 0.717) is 6.54 Å². The fraction of sp³-hybridized carbons (Fsp3) is 0.467. The molecule has 0 aliphatic heterocycles. The first-order valence-electron chi connectivity index (χ1n) is 6.67. The first-order chi connectivity index (χ1) is 9.41. The molecule has 0 fully saturated rings. The van der Waals surface area contributed by atoms with Gasteiger partial charge in [0.2, 0.25) is 0 Å². The maximum Gasteiger partial charge on any atom is 0.317 e. The molecule has 0 radical (unpaired) electrons. The molecule has 110 valence electrons. The van der Waals surface area contributed by atoms with Crippen molar-refractivity contribution in [2.45, 2.75) is 26.7 Å². The monoisotopic (exact) mass is 278 g/mol. The molecule has 0 aromatic heterocycles. The number of rotatable bonds is 6. The number of hydrogen-bond acceptors (Lipinski definition) is 2. The fourth-order valence-corrected chi connectivity index (χ4v) is 2.04. The van der Waals surface area contributed by atoms with Crippen LogP contribution in [-0.4, -0.2) is 42.1 Å². The Morgan fingerprint density at radius 1 is 1.25 bits per heavy atom. The van der Waals surface area contributed by atoms with E-state index < -0.39 is 5.97 Å². The van der Waals surface area contributed by atoms with Gasteiger partial charge in [0.15, 0.2) is 0 Å². The Labute approximate surface area is 119 Å². The lowest BCUT2D eigenvalue weighted by Gasteiger charge is -2.17. The number of amides is 2. The number of aliphatic carboxylic acids is 1. The van der Waals surface area contributed by atoms with Crippen molar-refractivity contribution < 1.29 is 14.7 Å². The number of carbonyl (C=O) groups excluding carboxylic acids is 1. The summed E-state index contributed by atoms with van der Waals surface area (Å²) in [7, 11) is 1.59. The first kappa shape index (κ1) is 16.0. The average molecular weight is 278 g/mol. The second-order valence-corrected chi connectivity index (χ2v) is 4.92. The van der Waals surface area contributed by atoms with Crippen LogP contribution >= 0.6 is 0 Å².